The molecule has 2 atom stereocenters. The van der Waals surface area contributed by atoms with Gasteiger partial charge in [-0.1, -0.05) is 19.3 Å². The normalized spacial score (nSPS) is 26.5. The van der Waals surface area contributed by atoms with Gasteiger partial charge in [-0.25, -0.2) is 0 Å². The zero-order valence-electron chi connectivity index (χ0n) is 7.09. The van der Waals surface area contributed by atoms with Crippen LogP contribution in [0.15, 0.2) is 0 Å². The van der Waals surface area contributed by atoms with Gasteiger partial charge in [0, 0.05) is 0 Å². The molecule has 1 N–H and O–H groups in total. The maximum atomic E-state index is 9.24. The molecular weight excluding hydrogens is 160 g/mol. The lowest BCUT2D eigenvalue weighted by Crippen LogP contribution is -2.27. The van der Waals surface area contributed by atoms with Crippen LogP contribution < -0.4 is 0 Å². The van der Waals surface area contributed by atoms with Crippen LogP contribution in [0.25, 0.3) is 0 Å². The first-order valence-electron chi connectivity index (χ1n) is 4.54. The molecule has 1 aliphatic carbocycles. The van der Waals surface area contributed by atoms with Gasteiger partial charge >= 0.3 is 0 Å². The number of aliphatic hydroxyl groups excluding tert-OH is 1. The maximum Gasteiger partial charge on any atom is 0.0678 e. The lowest BCUT2D eigenvalue weighted by Gasteiger charge is -2.27. The van der Waals surface area contributed by atoms with Crippen molar-refractivity contribution in [3.63, 3.8) is 0 Å². The van der Waals surface area contributed by atoms with Gasteiger partial charge in [-0.15, -0.1) is 11.6 Å². The molecule has 2 unspecified atom stereocenters. The van der Waals surface area contributed by atoms with Crippen molar-refractivity contribution in [3.8, 4) is 0 Å². The number of rotatable bonds is 2. The SMILES string of the molecule is CC(O)C(Cl)C1CCCCC1. The van der Waals surface area contributed by atoms with E-state index < -0.39 is 0 Å². The van der Waals surface area contributed by atoms with E-state index in [4.69, 9.17) is 11.6 Å². The fourth-order valence-electron chi connectivity index (χ4n) is 1.85. The highest BCUT2D eigenvalue weighted by molar-refractivity contribution is 6.21. The Morgan fingerprint density at radius 2 is 1.82 bits per heavy atom. The van der Waals surface area contributed by atoms with Crippen LogP contribution in [0, 0.1) is 5.92 Å². The van der Waals surface area contributed by atoms with Crippen LogP contribution in [-0.4, -0.2) is 16.6 Å². The molecule has 0 aromatic carbocycles. The summed E-state index contributed by atoms with van der Waals surface area (Å²) in [5.41, 5.74) is 0. The second kappa shape index (κ2) is 4.32. The summed E-state index contributed by atoms with van der Waals surface area (Å²) in [5.74, 6) is 0.561. The molecule has 0 aromatic rings. The Morgan fingerprint density at radius 1 is 1.27 bits per heavy atom. The molecule has 0 aromatic heterocycles. The summed E-state index contributed by atoms with van der Waals surface area (Å²) in [6.45, 7) is 1.78. The van der Waals surface area contributed by atoms with Crippen molar-refractivity contribution in [2.75, 3.05) is 0 Å². The Hall–Kier alpha value is 0.250. The molecule has 11 heavy (non-hydrogen) atoms. The number of aliphatic hydroxyl groups is 1. The highest BCUT2D eigenvalue weighted by Crippen LogP contribution is 2.30. The second-order valence-corrected chi connectivity index (χ2v) is 4.09. The molecule has 1 aliphatic rings. The summed E-state index contributed by atoms with van der Waals surface area (Å²) in [4.78, 5) is 0. The zero-order chi connectivity index (χ0) is 8.27. The van der Waals surface area contributed by atoms with Crippen LogP contribution in [0.4, 0.5) is 0 Å². The van der Waals surface area contributed by atoms with Crippen LogP contribution in [0.5, 0.6) is 0 Å². The summed E-state index contributed by atoms with van der Waals surface area (Å²) >= 11 is 6.04. The molecule has 0 radical (unpaired) electrons. The van der Waals surface area contributed by atoms with E-state index in [1.807, 2.05) is 0 Å². The van der Waals surface area contributed by atoms with Crippen molar-refractivity contribution < 1.29 is 5.11 Å². The summed E-state index contributed by atoms with van der Waals surface area (Å²) in [6.07, 6.45) is 6.00. The Labute approximate surface area is 73.8 Å². The highest BCUT2D eigenvalue weighted by Gasteiger charge is 2.24. The van der Waals surface area contributed by atoms with Crippen LogP contribution in [-0.2, 0) is 0 Å². The third kappa shape index (κ3) is 2.64. The predicted octanol–water partition coefficient (Wildman–Crippen LogP) is 2.55. The average Bonchev–Trinajstić information content (AvgIpc) is 2.05. The predicted molar refractivity (Wildman–Crippen MR) is 47.9 cm³/mol. The zero-order valence-corrected chi connectivity index (χ0v) is 7.85. The van der Waals surface area contributed by atoms with E-state index in [2.05, 4.69) is 0 Å². The minimum Gasteiger partial charge on any atom is -0.392 e. The molecule has 0 spiro atoms. The van der Waals surface area contributed by atoms with Crippen molar-refractivity contribution in [2.24, 2.45) is 5.92 Å². The molecule has 0 bridgehead atoms. The van der Waals surface area contributed by atoms with Crippen molar-refractivity contribution >= 4 is 11.6 Å². The number of alkyl halides is 1. The average molecular weight is 177 g/mol. The van der Waals surface area contributed by atoms with Crippen LogP contribution in [0.3, 0.4) is 0 Å². The first kappa shape index (κ1) is 9.34. The first-order chi connectivity index (χ1) is 5.22. The molecule has 1 saturated carbocycles. The molecule has 1 fully saturated rings. The van der Waals surface area contributed by atoms with Crippen LogP contribution in [0.1, 0.15) is 39.0 Å². The van der Waals surface area contributed by atoms with Gasteiger partial charge in [-0.3, -0.25) is 0 Å². The van der Waals surface area contributed by atoms with Crippen LogP contribution >= 0.6 is 11.6 Å². The van der Waals surface area contributed by atoms with Crippen molar-refractivity contribution in [2.45, 2.75) is 50.5 Å². The van der Waals surface area contributed by atoms with E-state index in [-0.39, 0.29) is 11.5 Å². The summed E-state index contributed by atoms with van der Waals surface area (Å²) < 4.78 is 0. The summed E-state index contributed by atoms with van der Waals surface area (Å²) in [6, 6.07) is 0. The standard InChI is InChI=1S/C9H17ClO/c1-7(11)9(10)8-5-3-2-4-6-8/h7-9,11H,2-6H2,1H3. The monoisotopic (exact) mass is 176 g/mol. The third-order valence-electron chi connectivity index (χ3n) is 2.56. The molecule has 1 nitrogen and oxygen atoms in total. The fraction of sp³-hybridized carbons (Fsp3) is 1.00. The molecule has 66 valence electrons. The Morgan fingerprint density at radius 3 is 2.27 bits per heavy atom. The quantitative estimate of drug-likeness (QED) is 0.642. The Balaban J connectivity index is 2.32. The van der Waals surface area contributed by atoms with Gasteiger partial charge in [0.15, 0.2) is 0 Å². The Bertz CT molecular complexity index is 108. The fourth-order valence-corrected chi connectivity index (χ4v) is 2.10. The van der Waals surface area contributed by atoms with E-state index in [1.54, 1.807) is 6.92 Å². The maximum absolute atomic E-state index is 9.24. The molecule has 1 rings (SSSR count). The lowest BCUT2D eigenvalue weighted by molar-refractivity contribution is 0.152. The largest absolute Gasteiger partial charge is 0.392 e. The van der Waals surface area contributed by atoms with Crippen molar-refractivity contribution in [1.82, 2.24) is 0 Å². The summed E-state index contributed by atoms with van der Waals surface area (Å²) in [7, 11) is 0. The lowest BCUT2D eigenvalue weighted by atomic mass is 9.85. The van der Waals surface area contributed by atoms with Gasteiger partial charge in [-0.05, 0) is 25.7 Å². The van der Waals surface area contributed by atoms with Crippen molar-refractivity contribution in [3.05, 3.63) is 0 Å². The van der Waals surface area contributed by atoms with E-state index >= 15 is 0 Å². The molecule has 0 saturated heterocycles. The summed E-state index contributed by atoms with van der Waals surface area (Å²) in [5, 5.41) is 9.22. The van der Waals surface area contributed by atoms with Gasteiger partial charge in [0.25, 0.3) is 0 Å². The van der Waals surface area contributed by atoms with E-state index in [0.29, 0.717) is 5.92 Å². The smallest absolute Gasteiger partial charge is 0.0678 e. The molecule has 0 heterocycles. The van der Waals surface area contributed by atoms with Gasteiger partial charge in [-0.2, -0.15) is 0 Å². The second-order valence-electron chi connectivity index (χ2n) is 3.58. The van der Waals surface area contributed by atoms with E-state index in [0.717, 1.165) is 0 Å². The van der Waals surface area contributed by atoms with Gasteiger partial charge in [0.1, 0.15) is 0 Å². The number of halogens is 1. The molecular formula is C9H17ClO. The van der Waals surface area contributed by atoms with Crippen molar-refractivity contribution in [1.29, 1.82) is 0 Å². The van der Waals surface area contributed by atoms with E-state index in [1.165, 1.54) is 32.1 Å². The highest BCUT2D eigenvalue weighted by atomic mass is 35.5. The molecule has 0 amide bonds. The minimum atomic E-state index is -0.347. The van der Waals surface area contributed by atoms with Gasteiger partial charge in [0.05, 0.1) is 11.5 Å². The minimum absolute atomic E-state index is 0.0182. The number of hydrogen-bond donors (Lipinski definition) is 1. The first-order valence-corrected chi connectivity index (χ1v) is 4.97. The van der Waals surface area contributed by atoms with Gasteiger partial charge in [0.2, 0.25) is 0 Å². The third-order valence-corrected chi connectivity index (χ3v) is 3.28. The molecule has 2 heteroatoms. The molecule has 0 aliphatic heterocycles. The number of hydrogen-bond acceptors (Lipinski definition) is 1. The Kier molecular flexibility index (Phi) is 3.67. The topological polar surface area (TPSA) is 20.2 Å². The van der Waals surface area contributed by atoms with Crippen LogP contribution in [0.2, 0.25) is 0 Å². The van der Waals surface area contributed by atoms with E-state index in [9.17, 15) is 5.11 Å². The van der Waals surface area contributed by atoms with Gasteiger partial charge < -0.3 is 5.11 Å².